The van der Waals surface area contributed by atoms with Gasteiger partial charge in [0.1, 0.15) is 30.4 Å². The maximum absolute atomic E-state index is 13.3. The van der Waals surface area contributed by atoms with E-state index in [-0.39, 0.29) is 62.3 Å². The predicted molar refractivity (Wildman–Crippen MR) is 235 cm³/mol. The summed E-state index contributed by atoms with van der Waals surface area (Å²) in [4.78, 5) is 72.5. The molecule has 1 fully saturated rings. The zero-order valence-corrected chi connectivity index (χ0v) is 35.9. The number of carbonyl (C=O) groups excluding carboxylic acids is 5. The van der Waals surface area contributed by atoms with E-state index in [1.54, 1.807) is 42.6 Å². The van der Waals surface area contributed by atoms with Crippen LogP contribution < -0.4 is 26.0 Å². The van der Waals surface area contributed by atoms with Gasteiger partial charge in [-0.1, -0.05) is 30.7 Å². The Balaban J connectivity index is 0.731. The van der Waals surface area contributed by atoms with Gasteiger partial charge < -0.3 is 39.6 Å². The Kier molecular flexibility index (Phi) is 15.4. The van der Waals surface area contributed by atoms with E-state index in [2.05, 4.69) is 41.4 Å². The number of amides is 5. The molecule has 7 rings (SSSR count). The molecule has 18 heteroatoms. The van der Waals surface area contributed by atoms with Crippen molar-refractivity contribution in [3.63, 3.8) is 0 Å². The van der Waals surface area contributed by atoms with Crippen LogP contribution in [0.2, 0.25) is 0 Å². The van der Waals surface area contributed by atoms with Crippen molar-refractivity contribution in [2.24, 2.45) is 7.05 Å². The fraction of sp³-hybridized carbons (Fsp3) is 0.370. The lowest BCUT2D eigenvalue weighted by Gasteiger charge is -2.29. The average Bonchev–Trinajstić information content (AvgIpc) is 3.85. The summed E-state index contributed by atoms with van der Waals surface area (Å²) in [5.41, 5.74) is 4.45. The lowest BCUT2D eigenvalue weighted by Crippen LogP contribution is -2.52. The zero-order valence-electron chi connectivity index (χ0n) is 35.9. The number of benzene rings is 3. The van der Waals surface area contributed by atoms with Crippen LogP contribution in [0.3, 0.4) is 0 Å². The minimum absolute atomic E-state index is 0.161. The molecule has 64 heavy (non-hydrogen) atoms. The number of unbranched alkanes of at least 4 members (excludes halogenated alkanes) is 3. The zero-order chi connectivity index (χ0) is 44.8. The Morgan fingerprint density at radius 1 is 0.906 bits per heavy atom. The highest BCUT2D eigenvalue weighted by Gasteiger charge is 2.40. The van der Waals surface area contributed by atoms with Crippen LogP contribution in [0.15, 0.2) is 85.3 Å². The standard InChI is InChI=1S/C46H52N10O8/c1-30(50-44(59)32-11-7-12-33(24-32)48-26-40-53-54-43(55(40)2)38-18-19-47-29-49-38)31-10-8-13-34(25-31)64-21-6-4-3-5-20-62-22-23-63-28-42(58)51-37-15-9-14-35-36(37)27-56(46(35)61)39-16-17-41(57)52-45(39)60/h7-15,18-19,24-25,29-30,39,48H,3-6,16-17,20-23,26-28H2,1-2H3,(H,50,59)(H,51,58)(H,52,57,60). The van der Waals surface area contributed by atoms with E-state index >= 15 is 0 Å². The second kappa shape index (κ2) is 21.8. The summed E-state index contributed by atoms with van der Waals surface area (Å²) in [6.45, 7) is 4.07. The van der Waals surface area contributed by atoms with Gasteiger partial charge in [0.2, 0.25) is 17.7 Å². The number of hydrogen-bond acceptors (Lipinski definition) is 13. The van der Waals surface area contributed by atoms with E-state index in [0.29, 0.717) is 66.1 Å². The van der Waals surface area contributed by atoms with Crippen LogP contribution in [-0.4, -0.2) is 98.2 Å². The maximum Gasteiger partial charge on any atom is 0.255 e. The quantitative estimate of drug-likeness (QED) is 0.0546. The van der Waals surface area contributed by atoms with Gasteiger partial charge in [-0.2, -0.15) is 0 Å². The van der Waals surface area contributed by atoms with Gasteiger partial charge in [0.25, 0.3) is 11.8 Å². The Morgan fingerprint density at radius 2 is 1.72 bits per heavy atom. The van der Waals surface area contributed by atoms with Crippen LogP contribution in [0, 0.1) is 0 Å². The number of carbonyl (C=O) groups is 5. The number of imide groups is 1. The number of aromatic nitrogens is 5. The van der Waals surface area contributed by atoms with Crippen LogP contribution in [0.25, 0.3) is 11.5 Å². The summed E-state index contributed by atoms with van der Waals surface area (Å²) < 4.78 is 19.1. The molecule has 2 aliphatic heterocycles. The Labute approximate surface area is 370 Å². The number of ether oxygens (including phenoxy) is 3. The Hall–Kier alpha value is -7.05. The second-order valence-electron chi connectivity index (χ2n) is 15.5. The van der Waals surface area contributed by atoms with Crippen molar-refractivity contribution in [1.82, 2.24) is 40.3 Å². The van der Waals surface area contributed by atoms with Crippen LogP contribution in [0.5, 0.6) is 5.75 Å². The van der Waals surface area contributed by atoms with Gasteiger partial charge >= 0.3 is 0 Å². The SMILES string of the molecule is CC(NC(=O)c1cccc(NCc2nnc(-c3ccncn3)n2C)c1)c1cccc(OCCCCCCOCCOCC(=O)Nc2cccc3c2CN(C2CCC(=O)NC2=O)C3=O)c1. The Bertz CT molecular complexity index is 2440. The number of nitrogens with one attached hydrogen (secondary N) is 4. The average molecular weight is 873 g/mol. The maximum atomic E-state index is 13.3. The second-order valence-corrected chi connectivity index (χ2v) is 15.5. The lowest BCUT2D eigenvalue weighted by atomic mass is 10.0. The smallest absolute Gasteiger partial charge is 0.255 e. The normalized spacial score (nSPS) is 15.1. The van der Waals surface area contributed by atoms with Crippen LogP contribution >= 0.6 is 0 Å². The minimum Gasteiger partial charge on any atom is -0.494 e. The summed E-state index contributed by atoms with van der Waals surface area (Å²) in [5, 5.41) is 20.1. The molecule has 4 heterocycles. The number of hydrogen-bond donors (Lipinski definition) is 4. The van der Waals surface area contributed by atoms with Crippen molar-refractivity contribution in [3.05, 3.63) is 113 Å². The van der Waals surface area contributed by atoms with E-state index in [1.165, 1.54) is 11.2 Å². The number of nitrogens with zero attached hydrogens (tertiary/aromatic N) is 6. The van der Waals surface area contributed by atoms with Crippen LogP contribution in [-0.2, 0) is 44.0 Å². The first-order chi connectivity index (χ1) is 31.1. The fourth-order valence-corrected chi connectivity index (χ4v) is 7.47. The first-order valence-electron chi connectivity index (χ1n) is 21.4. The highest BCUT2D eigenvalue weighted by Crippen LogP contribution is 2.32. The summed E-state index contributed by atoms with van der Waals surface area (Å²) in [7, 11) is 1.88. The molecule has 0 bridgehead atoms. The van der Waals surface area contributed by atoms with Gasteiger partial charge in [-0.15, -0.1) is 10.2 Å². The highest BCUT2D eigenvalue weighted by molar-refractivity contribution is 6.07. The van der Waals surface area contributed by atoms with Gasteiger partial charge in [0.15, 0.2) is 11.6 Å². The van der Waals surface area contributed by atoms with Crippen molar-refractivity contribution < 1.29 is 38.2 Å². The third-order valence-corrected chi connectivity index (χ3v) is 11.0. The van der Waals surface area contributed by atoms with Crippen molar-refractivity contribution in [2.45, 2.75) is 70.6 Å². The molecule has 0 spiro atoms. The topological polar surface area (TPSA) is 221 Å². The third-order valence-electron chi connectivity index (χ3n) is 11.0. The molecule has 0 saturated carbocycles. The molecule has 1 saturated heterocycles. The van der Waals surface area contributed by atoms with Gasteiger partial charge in [0, 0.05) is 60.9 Å². The summed E-state index contributed by atoms with van der Waals surface area (Å²) in [6, 6.07) is 20.9. The molecule has 0 aliphatic carbocycles. The molecule has 2 unspecified atom stereocenters. The molecular weight excluding hydrogens is 821 g/mol. The molecule has 2 aliphatic rings. The molecule has 0 radical (unpaired) electrons. The summed E-state index contributed by atoms with van der Waals surface area (Å²) in [6.07, 6.45) is 7.27. The molecular formula is C46H52N10O8. The van der Waals surface area contributed by atoms with Crippen molar-refractivity contribution in [2.75, 3.05) is 43.7 Å². The van der Waals surface area contributed by atoms with Crippen LogP contribution in [0.4, 0.5) is 11.4 Å². The number of piperidine rings is 1. The van der Waals surface area contributed by atoms with Crippen LogP contribution in [0.1, 0.15) is 89.2 Å². The minimum atomic E-state index is -0.732. The van der Waals surface area contributed by atoms with E-state index in [4.69, 9.17) is 14.2 Å². The van der Waals surface area contributed by atoms with Gasteiger partial charge in [0.05, 0.1) is 32.4 Å². The molecule has 2 atom stereocenters. The number of rotatable bonds is 22. The van der Waals surface area contributed by atoms with Gasteiger partial charge in [-0.05, 0) is 86.7 Å². The molecule has 334 valence electrons. The lowest BCUT2D eigenvalue weighted by molar-refractivity contribution is -0.137. The largest absolute Gasteiger partial charge is 0.494 e. The first-order valence-corrected chi connectivity index (χ1v) is 21.4. The molecule has 5 aromatic rings. The van der Waals surface area contributed by atoms with Crippen molar-refractivity contribution in [1.29, 1.82) is 0 Å². The van der Waals surface area contributed by atoms with E-state index in [1.807, 2.05) is 54.9 Å². The van der Waals surface area contributed by atoms with Gasteiger partial charge in [-0.25, -0.2) is 9.97 Å². The number of anilines is 2. The monoisotopic (exact) mass is 872 g/mol. The van der Waals surface area contributed by atoms with Gasteiger partial charge in [-0.3, -0.25) is 29.3 Å². The third kappa shape index (κ3) is 11.7. The van der Waals surface area contributed by atoms with E-state index in [9.17, 15) is 24.0 Å². The number of fused-ring (bicyclic) bond motifs is 1. The van der Waals surface area contributed by atoms with E-state index in [0.717, 1.165) is 42.7 Å². The van der Waals surface area contributed by atoms with Crippen molar-refractivity contribution in [3.8, 4) is 17.3 Å². The molecule has 18 nitrogen and oxygen atoms in total. The van der Waals surface area contributed by atoms with Crippen molar-refractivity contribution >= 4 is 40.9 Å². The highest BCUT2D eigenvalue weighted by atomic mass is 16.5. The summed E-state index contributed by atoms with van der Waals surface area (Å²) in [5.74, 6) is 0.394. The molecule has 3 aromatic carbocycles. The molecule has 5 amide bonds. The Morgan fingerprint density at radius 3 is 2.55 bits per heavy atom. The predicted octanol–water partition coefficient (Wildman–Crippen LogP) is 4.75. The fourth-order valence-electron chi connectivity index (χ4n) is 7.47. The molecule has 4 N–H and O–H groups in total. The molecule has 2 aromatic heterocycles. The van der Waals surface area contributed by atoms with E-state index < -0.39 is 11.9 Å². The summed E-state index contributed by atoms with van der Waals surface area (Å²) >= 11 is 0. The first kappa shape index (κ1) is 45.0.